The summed E-state index contributed by atoms with van der Waals surface area (Å²) in [6.45, 7) is 1.58. The van der Waals surface area contributed by atoms with E-state index in [1.54, 1.807) is 13.0 Å². The Kier molecular flexibility index (Phi) is 5.53. The predicted octanol–water partition coefficient (Wildman–Crippen LogP) is 3.44. The first kappa shape index (κ1) is 17.7. The van der Waals surface area contributed by atoms with E-state index in [-0.39, 0.29) is 17.6 Å². The fourth-order valence-corrected chi connectivity index (χ4v) is 3.13. The van der Waals surface area contributed by atoms with E-state index in [2.05, 4.69) is 31.4 Å². The SMILES string of the molecule is C[C@@H](OC(=O)c1cc(-c2ccc(Br)cc2)n[nH]1)C(=O)NC1CCCC1. The number of nitrogens with zero attached hydrogens (tertiary/aromatic N) is 1. The van der Waals surface area contributed by atoms with E-state index in [9.17, 15) is 9.59 Å². The van der Waals surface area contributed by atoms with Gasteiger partial charge in [0.2, 0.25) is 0 Å². The fourth-order valence-electron chi connectivity index (χ4n) is 2.86. The molecule has 1 aromatic heterocycles. The maximum Gasteiger partial charge on any atom is 0.357 e. The third-order valence-corrected chi connectivity index (χ3v) is 4.82. The van der Waals surface area contributed by atoms with Crippen molar-refractivity contribution in [3.05, 3.63) is 40.5 Å². The molecule has 1 atom stereocenters. The molecule has 1 aromatic carbocycles. The van der Waals surface area contributed by atoms with Crippen LogP contribution in [0.1, 0.15) is 43.1 Å². The summed E-state index contributed by atoms with van der Waals surface area (Å²) in [4.78, 5) is 24.3. The van der Waals surface area contributed by atoms with Crippen molar-refractivity contribution in [2.45, 2.75) is 44.8 Å². The van der Waals surface area contributed by atoms with Gasteiger partial charge in [0.25, 0.3) is 5.91 Å². The number of halogens is 1. The van der Waals surface area contributed by atoms with Gasteiger partial charge in [-0.15, -0.1) is 0 Å². The van der Waals surface area contributed by atoms with Crippen LogP contribution in [0.15, 0.2) is 34.8 Å². The Hall–Kier alpha value is -2.15. The van der Waals surface area contributed by atoms with Crippen LogP contribution in [0.25, 0.3) is 11.3 Å². The number of aromatic amines is 1. The molecular formula is C18H20BrN3O3. The Morgan fingerprint density at radius 1 is 1.28 bits per heavy atom. The maximum absolute atomic E-state index is 12.2. The molecule has 2 N–H and O–H groups in total. The van der Waals surface area contributed by atoms with Crippen molar-refractivity contribution in [1.29, 1.82) is 0 Å². The Morgan fingerprint density at radius 3 is 2.64 bits per heavy atom. The molecule has 0 aliphatic heterocycles. The quantitative estimate of drug-likeness (QED) is 0.746. The number of carbonyl (C=O) groups is 2. The van der Waals surface area contributed by atoms with Gasteiger partial charge in [0.05, 0.1) is 5.69 Å². The van der Waals surface area contributed by atoms with E-state index in [0.29, 0.717) is 5.69 Å². The summed E-state index contributed by atoms with van der Waals surface area (Å²) in [6.07, 6.45) is 3.40. The van der Waals surface area contributed by atoms with E-state index in [1.165, 1.54) is 0 Å². The highest BCUT2D eigenvalue weighted by molar-refractivity contribution is 9.10. The zero-order chi connectivity index (χ0) is 17.8. The largest absolute Gasteiger partial charge is 0.448 e. The van der Waals surface area contributed by atoms with Crippen LogP contribution in [0.5, 0.6) is 0 Å². The lowest BCUT2D eigenvalue weighted by atomic mass is 10.1. The van der Waals surface area contributed by atoms with Crippen molar-refractivity contribution in [3.63, 3.8) is 0 Å². The molecule has 0 bridgehead atoms. The molecule has 3 rings (SSSR count). The number of esters is 1. The number of carbonyl (C=O) groups excluding carboxylic acids is 2. The Labute approximate surface area is 154 Å². The standard InChI is InChI=1S/C18H20BrN3O3/c1-11(17(23)20-14-4-2-3-5-14)25-18(24)16-10-15(21-22-16)12-6-8-13(19)9-7-12/h6-11,14H,2-5H2,1H3,(H,20,23)(H,21,22)/t11-/m1/s1. The van der Waals surface area contributed by atoms with E-state index in [1.807, 2.05) is 24.3 Å². The number of ether oxygens (including phenoxy) is 1. The Bertz CT molecular complexity index is 751. The summed E-state index contributed by atoms with van der Waals surface area (Å²) in [5, 5.41) is 9.72. The minimum Gasteiger partial charge on any atom is -0.448 e. The van der Waals surface area contributed by atoms with Gasteiger partial charge in [-0.2, -0.15) is 5.10 Å². The number of benzene rings is 1. The molecule has 132 valence electrons. The summed E-state index contributed by atoms with van der Waals surface area (Å²) in [5.74, 6) is -0.849. The molecule has 2 aromatic rings. The van der Waals surface area contributed by atoms with Gasteiger partial charge in [-0.25, -0.2) is 4.79 Å². The molecule has 0 radical (unpaired) electrons. The normalized spacial score (nSPS) is 15.8. The highest BCUT2D eigenvalue weighted by Gasteiger charge is 2.24. The van der Waals surface area contributed by atoms with E-state index in [4.69, 9.17) is 4.74 Å². The highest BCUT2D eigenvalue weighted by atomic mass is 79.9. The number of amides is 1. The van der Waals surface area contributed by atoms with Crippen LogP contribution < -0.4 is 5.32 Å². The molecule has 1 aliphatic rings. The zero-order valence-electron chi connectivity index (χ0n) is 13.9. The Morgan fingerprint density at radius 2 is 1.96 bits per heavy atom. The van der Waals surface area contributed by atoms with E-state index in [0.717, 1.165) is 35.7 Å². The smallest absolute Gasteiger partial charge is 0.357 e. The zero-order valence-corrected chi connectivity index (χ0v) is 15.5. The number of nitrogens with one attached hydrogen (secondary N) is 2. The fraction of sp³-hybridized carbons (Fsp3) is 0.389. The molecule has 6 nitrogen and oxygen atoms in total. The minimum atomic E-state index is -0.840. The molecule has 1 saturated carbocycles. The number of H-pyrrole nitrogens is 1. The number of hydrogen-bond acceptors (Lipinski definition) is 4. The van der Waals surface area contributed by atoms with E-state index < -0.39 is 12.1 Å². The summed E-state index contributed by atoms with van der Waals surface area (Å²) >= 11 is 3.38. The summed E-state index contributed by atoms with van der Waals surface area (Å²) in [6, 6.07) is 9.41. The van der Waals surface area contributed by atoms with Crippen LogP contribution in [0, 0.1) is 0 Å². The van der Waals surface area contributed by atoms with Crippen LogP contribution in [0.2, 0.25) is 0 Å². The van der Waals surface area contributed by atoms with Gasteiger partial charge in [0, 0.05) is 16.1 Å². The molecule has 25 heavy (non-hydrogen) atoms. The van der Waals surface area contributed by atoms with Gasteiger partial charge in [-0.3, -0.25) is 9.89 Å². The van der Waals surface area contributed by atoms with Gasteiger partial charge >= 0.3 is 5.97 Å². The summed E-state index contributed by atoms with van der Waals surface area (Å²) < 4.78 is 6.21. The minimum absolute atomic E-state index is 0.199. The first-order chi connectivity index (χ1) is 12.0. The average Bonchev–Trinajstić information content (AvgIpc) is 3.27. The van der Waals surface area contributed by atoms with Gasteiger partial charge in [-0.05, 0) is 38.0 Å². The maximum atomic E-state index is 12.2. The number of hydrogen-bond donors (Lipinski definition) is 2. The van der Waals surface area contributed by atoms with Gasteiger partial charge in [-0.1, -0.05) is 40.9 Å². The molecule has 0 unspecified atom stereocenters. The average molecular weight is 406 g/mol. The third kappa shape index (κ3) is 4.48. The first-order valence-corrected chi connectivity index (χ1v) is 9.15. The summed E-state index contributed by atoms with van der Waals surface area (Å²) in [7, 11) is 0. The second-order valence-corrected chi connectivity index (χ2v) is 7.13. The topological polar surface area (TPSA) is 84.1 Å². The molecule has 7 heteroatoms. The van der Waals surface area contributed by atoms with Gasteiger partial charge in [0.15, 0.2) is 6.10 Å². The van der Waals surface area contributed by atoms with Crippen molar-refractivity contribution in [1.82, 2.24) is 15.5 Å². The Balaban J connectivity index is 1.59. The van der Waals surface area contributed by atoms with Crippen LogP contribution in [-0.2, 0) is 9.53 Å². The predicted molar refractivity (Wildman–Crippen MR) is 97.0 cm³/mol. The molecular weight excluding hydrogens is 386 g/mol. The lowest BCUT2D eigenvalue weighted by Crippen LogP contribution is -2.40. The number of rotatable bonds is 5. The second-order valence-electron chi connectivity index (χ2n) is 6.21. The second kappa shape index (κ2) is 7.82. The van der Waals surface area contributed by atoms with Crippen molar-refractivity contribution < 1.29 is 14.3 Å². The molecule has 0 spiro atoms. The molecule has 0 saturated heterocycles. The highest BCUT2D eigenvalue weighted by Crippen LogP contribution is 2.21. The van der Waals surface area contributed by atoms with Crippen molar-refractivity contribution in [3.8, 4) is 11.3 Å². The molecule has 1 heterocycles. The first-order valence-electron chi connectivity index (χ1n) is 8.35. The lowest BCUT2D eigenvalue weighted by molar-refractivity contribution is -0.129. The van der Waals surface area contributed by atoms with Crippen LogP contribution in [0.4, 0.5) is 0 Å². The molecule has 1 amide bonds. The monoisotopic (exact) mass is 405 g/mol. The van der Waals surface area contributed by atoms with Crippen molar-refractivity contribution in [2.75, 3.05) is 0 Å². The van der Waals surface area contributed by atoms with Gasteiger partial charge < -0.3 is 10.1 Å². The van der Waals surface area contributed by atoms with Gasteiger partial charge in [0.1, 0.15) is 5.69 Å². The van der Waals surface area contributed by atoms with Crippen LogP contribution in [0.3, 0.4) is 0 Å². The molecule has 1 aliphatic carbocycles. The molecule has 1 fully saturated rings. The third-order valence-electron chi connectivity index (χ3n) is 4.29. The van der Waals surface area contributed by atoms with Crippen molar-refractivity contribution >= 4 is 27.8 Å². The van der Waals surface area contributed by atoms with Crippen LogP contribution >= 0.6 is 15.9 Å². The number of aromatic nitrogens is 2. The van der Waals surface area contributed by atoms with Crippen molar-refractivity contribution in [2.24, 2.45) is 0 Å². The summed E-state index contributed by atoms with van der Waals surface area (Å²) in [5.41, 5.74) is 1.74. The van der Waals surface area contributed by atoms with E-state index >= 15 is 0 Å². The lowest BCUT2D eigenvalue weighted by Gasteiger charge is -2.16. The van der Waals surface area contributed by atoms with Crippen LogP contribution in [-0.4, -0.2) is 34.2 Å².